The van der Waals surface area contributed by atoms with Gasteiger partial charge in [0.25, 0.3) is 0 Å². The van der Waals surface area contributed by atoms with E-state index in [9.17, 15) is 9.90 Å². The smallest absolute Gasteiger partial charge is 0.247 e. The molecular weight excluding hydrogens is 140 g/mol. The molecule has 0 unspecified atom stereocenters. The zero-order valence-corrected chi connectivity index (χ0v) is 6.33. The highest BCUT2D eigenvalue weighted by atomic mass is 16.4. The lowest BCUT2D eigenvalue weighted by atomic mass is 10.1. The minimum absolute atomic E-state index is 0.00662. The van der Waals surface area contributed by atoms with Crippen LogP contribution < -0.4 is 0 Å². The second kappa shape index (κ2) is 3.19. The summed E-state index contributed by atoms with van der Waals surface area (Å²) in [7, 11) is 0. The quantitative estimate of drug-likeness (QED) is 0.627. The lowest BCUT2D eigenvalue weighted by Gasteiger charge is -1.98. The molecular formula is C9H9O2. The van der Waals surface area contributed by atoms with Gasteiger partial charge in [-0.3, -0.25) is 0 Å². The molecule has 1 rings (SSSR count). The highest BCUT2D eigenvalue weighted by Gasteiger charge is 2.03. The lowest BCUT2D eigenvalue weighted by Crippen LogP contribution is -1.99. The molecule has 0 heterocycles. The lowest BCUT2D eigenvalue weighted by molar-refractivity contribution is -0.142. The minimum atomic E-state index is -1.03. The van der Waals surface area contributed by atoms with Gasteiger partial charge in [-0.05, 0) is 18.1 Å². The van der Waals surface area contributed by atoms with Gasteiger partial charge in [0.15, 0.2) is 0 Å². The third-order valence-electron chi connectivity index (χ3n) is 1.60. The number of hydrogen-bond donors (Lipinski definition) is 0. The van der Waals surface area contributed by atoms with Crippen LogP contribution in [0.2, 0.25) is 0 Å². The summed E-state index contributed by atoms with van der Waals surface area (Å²) in [6, 6.07) is 7.39. The SMILES string of the molecule is Cc1ccccc1CC([O])=O. The predicted octanol–water partition coefficient (Wildman–Crippen LogP) is 1.49. The topological polar surface area (TPSA) is 37.0 Å². The molecule has 1 aromatic rings. The average Bonchev–Trinajstić information content (AvgIpc) is 1.93. The molecule has 0 aliphatic heterocycles. The van der Waals surface area contributed by atoms with Crippen LogP contribution in [0, 0.1) is 6.92 Å². The minimum Gasteiger partial charge on any atom is -0.247 e. The van der Waals surface area contributed by atoms with Gasteiger partial charge in [0.05, 0.1) is 6.42 Å². The van der Waals surface area contributed by atoms with Crippen LogP contribution in [0.4, 0.5) is 0 Å². The Morgan fingerprint density at radius 3 is 2.55 bits per heavy atom. The van der Waals surface area contributed by atoms with Crippen molar-refractivity contribution in [3.05, 3.63) is 35.4 Å². The summed E-state index contributed by atoms with van der Waals surface area (Å²) in [6.45, 7) is 1.89. The molecule has 0 saturated carbocycles. The summed E-state index contributed by atoms with van der Waals surface area (Å²) in [4.78, 5) is 10.2. The third-order valence-corrected chi connectivity index (χ3v) is 1.60. The Hall–Kier alpha value is -1.31. The van der Waals surface area contributed by atoms with E-state index in [0.29, 0.717) is 0 Å². The predicted molar refractivity (Wildman–Crippen MR) is 40.6 cm³/mol. The van der Waals surface area contributed by atoms with E-state index in [-0.39, 0.29) is 6.42 Å². The molecule has 0 aliphatic rings. The van der Waals surface area contributed by atoms with Gasteiger partial charge >= 0.3 is 5.97 Å². The molecule has 0 aliphatic carbocycles. The number of rotatable bonds is 2. The van der Waals surface area contributed by atoms with Gasteiger partial charge in [0.1, 0.15) is 0 Å². The van der Waals surface area contributed by atoms with Crippen LogP contribution in [0.25, 0.3) is 0 Å². The largest absolute Gasteiger partial charge is 0.359 e. The highest BCUT2D eigenvalue weighted by molar-refractivity contribution is 5.70. The second-order valence-corrected chi connectivity index (χ2v) is 2.48. The van der Waals surface area contributed by atoms with E-state index < -0.39 is 5.97 Å². The first-order valence-corrected chi connectivity index (χ1v) is 3.44. The Morgan fingerprint density at radius 2 is 2.00 bits per heavy atom. The maximum Gasteiger partial charge on any atom is 0.359 e. The van der Waals surface area contributed by atoms with E-state index in [4.69, 9.17) is 0 Å². The molecule has 0 fully saturated rings. The number of carbonyl (C=O) groups excluding carboxylic acids is 1. The van der Waals surface area contributed by atoms with Gasteiger partial charge in [-0.25, -0.2) is 9.90 Å². The standard InChI is InChI=1S/C9H9O2/c1-7-4-2-3-5-8(7)6-9(10)11/h2-5H,6H2,1H3. The fourth-order valence-electron chi connectivity index (χ4n) is 0.964. The Kier molecular flexibility index (Phi) is 2.26. The molecule has 0 atom stereocenters. The van der Waals surface area contributed by atoms with Crippen molar-refractivity contribution in [1.82, 2.24) is 0 Å². The van der Waals surface area contributed by atoms with Crippen LogP contribution in [0.5, 0.6) is 0 Å². The van der Waals surface area contributed by atoms with Crippen molar-refractivity contribution in [1.29, 1.82) is 0 Å². The molecule has 11 heavy (non-hydrogen) atoms. The maximum absolute atomic E-state index is 10.2. The van der Waals surface area contributed by atoms with Gasteiger partial charge in [0, 0.05) is 0 Å². The van der Waals surface area contributed by atoms with E-state index in [2.05, 4.69) is 0 Å². The molecule has 2 nitrogen and oxygen atoms in total. The van der Waals surface area contributed by atoms with Crippen molar-refractivity contribution >= 4 is 5.97 Å². The first kappa shape index (κ1) is 7.79. The Labute approximate surface area is 65.5 Å². The normalized spacial score (nSPS) is 9.55. The Balaban J connectivity index is 2.86. The van der Waals surface area contributed by atoms with E-state index >= 15 is 0 Å². The van der Waals surface area contributed by atoms with Crippen molar-refractivity contribution in [2.75, 3.05) is 0 Å². The molecule has 2 heteroatoms. The van der Waals surface area contributed by atoms with Crippen molar-refractivity contribution in [3.63, 3.8) is 0 Å². The Morgan fingerprint density at radius 1 is 1.36 bits per heavy atom. The molecule has 0 bridgehead atoms. The molecule has 0 saturated heterocycles. The molecule has 0 amide bonds. The summed E-state index contributed by atoms with van der Waals surface area (Å²) < 4.78 is 0. The van der Waals surface area contributed by atoms with Crippen LogP contribution in [0.1, 0.15) is 11.1 Å². The van der Waals surface area contributed by atoms with Crippen LogP contribution in [-0.2, 0) is 16.3 Å². The molecule has 0 spiro atoms. The van der Waals surface area contributed by atoms with Gasteiger partial charge in [-0.2, -0.15) is 0 Å². The zero-order chi connectivity index (χ0) is 8.27. The van der Waals surface area contributed by atoms with Crippen LogP contribution in [0.3, 0.4) is 0 Å². The van der Waals surface area contributed by atoms with Crippen molar-refractivity contribution < 1.29 is 9.90 Å². The highest BCUT2D eigenvalue weighted by Crippen LogP contribution is 2.07. The van der Waals surface area contributed by atoms with Crippen molar-refractivity contribution in [3.8, 4) is 0 Å². The second-order valence-electron chi connectivity index (χ2n) is 2.48. The summed E-state index contributed by atoms with van der Waals surface area (Å²) in [5.74, 6) is -1.03. The number of carbonyl (C=O) groups is 1. The molecule has 0 aromatic heterocycles. The van der Waals surface area contributed by atoms with E-state index in [1.807, 2.05) is 25.1 Å². The molecule has 0 N–H and O–H groups in total. The van der Waals surface area contributed by atoms with E-state index in [1.54, 1.807) is 6.07 Å². The van der Waals surface area contributed by atoms with Gasteiger partial charge < -0.3 is 0 Å². The van der Waals surface area contributed by atoms with Crippen LogP contribution in [-0.4, -0.2) is 5.97 Å². The van der Waals surface area contributed by atoms with E-state index in [0.717, 1.165) is 11.1 Å². The maximum atomic E-state index is 10.2. The van der Waals surface area contributed by atoms with Crippen molar-refractivity contribution in [2.45, 2.75) is 13.3 Å². The summed E-state index contributed by atoms with van der Waals surface area (Å²) in [6.07, 6.45) is 0.00662. The molecule has 1 aromatic carbocycles. The fourth-order valence-corrected chi connectivity index (χ4v) is 0.964. The summed E-state index contributed by atoms with van der Waals surface area (Å²) >= 11 is 0. The Bertz CT molecular complexity index is 266. The summed E-state index contributed by atoms with van der Waals surface area (Å²) in [5.41, 5.74) is 1.82. The molecule has 57 valence electrons. The molecule has 1 radical (unpaired) electrons. The van der Waals surface area contributed by atoms with Crippen molar-refractivity contribution in [2.24, 2.45) is 0 Å². The fraction of sp³-hybridized carbons (Fsp3) is 0.222. The van der Waals surface area contributed by atoms with Gasteiger partial charge in [-0.1, -0.05) is 24.3 Å². The van der Waals surface area contributed by atoms with E-state index in [1.165, 1.54) is 0 Å². The first-order chi connectivity index (χ1) is 5.20. The van der Waals surface area contributed by atoms with Crippen LogP contribution in [0.15, 0.2) is 24.3 Å². The number of benzene rings is 1. The summed E-state index contributed by atoms with van der Waals surface area (Å²) in [5, 5.41) is 10.2. The van der Waals surface area contributed by atoms with Gasteiger partial charge in [0.2, 0.25) is 0 Å². The number of aryl methyl sites for hydroxylation is 1. The van der Waals surface area contributed by atoms with Gasteiger partial charge in [-0.15, -0.1) is 0 Å². The third kappa shape index (κ3) is 2.08. The monoisotopic (exact) mass is 149 g/mol. The first-order valence-electron chi connectivity index (χ1n) is 3.44. The average molecular weight is 149 g/mol. The van der Waals surface area contributed by atoms with Crippen LogP contribution >= 0.6 is 0 Å². The zero-order valence-electron chi connectivity index (χ0n) is 6.33. The number of hydrogen-bond acceptors (Lipinski definition) is 1.